The number of aliphatic hydroxyl groups is 1. The number of nitrogens with one attached hydrogen (secondary N) is 1. The number of likely N-dealkylation sites (N-methyl/N-ethyl adjacent to an activating group) is 3. The summed E-state index contributed by atoms with van der Waals surface area (Å²) in [5.41, 5.74) is 0. The monoisotopic (exact) mass is 231 g/mol. The second-order valence-corrected chi connectivity index (χ2v) is 4.70. The summed E-state index contributed by atoms with van der Waals surface area (Å²) >= 11 is 0. The van der Waals surface area contributed by atoms with Gasteiger partial charge in [0.1, 0.15) is 0 Å². The lowest BCUT2D eigenvalue weighted by Gasteiger charge is -2.31. The maximum absolute atomic E-state index is 9.11. The van der Waals surface area contributed by atoms with Crippen molar-refractivity contribution < 1.29 is 5.11 Å². The minimum Gasteiger partial charge on any atom is -0.395 e. The van der Waals surface area contributed by atoms with E-state index >= 15 is 0 Å². The topological polar surface area (TPSA) is 38.7 Å². The number of aliphatic hydroxyl groups excluding tert-OH is 1. The van der Waals surface area contributed by atoms with Crippen LogP contribution in [0.3, 0.4) is 0 Å². The Labute approximate surface area is 101 Å². The number of nitrogens with zero attached hydrogens (tertiary/aromatic N) is 2. The van der Waals surface area contributed by atoms with Gasteiger partial charge >= 0.3 is 0 Å². The lowest BCUT2D eigenvalue weighted by Crippen LogP contribution is -2.42. The molecule has 0 rings (SSSR count). The van der Waals surface area contributed by atoms with Gasteiger partial charge in [0.25, 0.3) is 0 Å². The molecular weight excluding hydrogens is 202 g/mol. The predicted octanol–water partition coefficient (Wildman–Crippen LogP) is 0.229. The molecule has 0 aromatic heterocycles. The second kappa shape index (κ2) is 8.93. The first-order valence-electron chi connectivity index (χ1n) is 6.22. The third-order valence-corrected chi connectivity index (χ3v) is 3.05. The Balaban J connectivity index is 3.98. The first-order valence-corrected chi connectivity index (χ1v) is 6.22. The highest BCUT2D eigenvalue weighted by Gasteiger charge is 2.14. The zero-order chi connectivity index (χ0) is 12.6. The standard InChI is InChI=1S/C12H29N3O/c1-6-15(11(2)9-14(4)5)8-7-12(10-16)13-3/h11-13,16H,6-10H2,1-5H3. The zero-order valence-electron chi connectivity index (χ0n) is 11.5. The molecule has 0 aromatic rings. The largest absolute Gasteiger partial charge is 0.395 e. The van der Waals surface area contributed by atoms with Crippen LogP contribution in [0.1, 0.15) is 20.3 Å². The summed E-state index contributed by atoms with van der Waals surface area (Å²) in [6, 6.07) is 0.789. The van der Waals surface area contributed by atoms with Crippen LogP contribution >= 0.6 is 0 Å². The molecule has 0 heterocycles. The van der Waals surface area contributed by atoms with E-state index in [4.69, 9.17) is 5.11 Å². The molecule has 0 saturated carbocycles. The van der Waals surface area contributed by atoms with E-state index in [9.17, 15) is 0 Å². The van der Waals surface area contributed by atoms with E-state index in [0.717, 1.165) is 26.1 Å². The number of hydrogen-bond donors (Lipinski definition) is 2. The van der Waals surface area contributed by atoms with Gasteiger partial charge in [-0.25, -0.2) is 0 Å². The Hall–Kier alpha value is -0.160. The highest BCUT2D eigenvalue weighted by atomic mass is 16.3. The van der Waals surface area contributed by atoms with Crippen LogP contribution in [-0.4, -0.2) is 74.4 Å². The van der Waals surface area contributed by atoms with Gasteiger partial charge in [-0.2, -0.15) is 0 Å². The Bertz CT molecular complexity index is 160. The predicted molar refractivity (Wildman–Crippen MR) is 69.8 cm³/mol. The first kappa shape index (κ1) is 15.8. The Morgan fingerprint density at radius 3 is 2.31 bits per heavy atom. The van der Waals surface area contributed by atoms with Crippen LogP contribution in [0.15, 0.2) is 0 Å². The van der Waals surface area contributed by atoms with Crippen LogP contribution in [0, 0.1) is 0 Å². The summed E-state index contributed by atoms with van der Waals surface area (Å²) in [7, 11) is 6.11. The molecule has 0 aliphatic heterocycles. The van der Waals surface area contributed by atoms with Gasteiger partial charge in [-0.1, -0.05) is 6.92 Å². The van der Waals surface area contributed by atoms with Crippen molar-refractivity contribution >= 4 is 0 Å². The van der Waals surface area contributed by atoms with Crippen molar-refractivity contribution in [1.82, 2.24) is 15.1 Å². The van der Waals surface area contributed by atoms with Gasteiger partial charge in [-0.05, 0) is 41.0 Å². The third kappa shape index (κ3) is 6.43. The van der Waals surface area contributed by atoms with E-state index in [1.165, 1.54) is 0 Å². The van der Waals surface area contributed by atoms with Crippen molar-refractivity contribution in [3.8, 4) is 0 Å². The molecule has 0 radical (unpaired) electrons. The summed E-state index contributed by atoms with van der Waals surface area (Å²) < 4.78 is 0. The molecule has 0 amide bonds. The average molecular weight is 231 g/mol. The Morgan fingerprint density at radius 1 is 1.31 bits per heavy atom. The van der Waals surface area contributed by atoms with Crippen LogP contribution in [0.4, 0.5) is 0 Å². The van der Waals surface area contributed by atoms with Crippen molar-refractivity contribution in [2.75, 3.05) is 47.4 Å². The van der Waals surface area contributed by atoms with Gasteiger partial charge < -0.3 is 15.3 Å². The minimum absolute atomic E-state index is 0.218. The molecule has 0 spiro atoms. The molecule has 0 aliphatic carbocycles. The van der Waals surface area contributed by atoms with Crippen molar-refractivity contribution in [2.24, 2.45) is 0 Å². The normalized spacial score (nSPS) is 15.8. The smallest absolute Gasteiger partial charge is 0.0585 e. The summed E-state index contributed by atoms with van der Waals surface area (Å²) in [4.78, 5) is 4.68. The summed E-state index contributed by atoms with van der Waals surface area (Å²) in [6.45, 7) is 7.86. The van der Waals surface area contributed by atoms with Gasteiger partial charge in [0.05, 0.1) is 6.61 Å². The molecule has 2 N–H and O–H groups in total. The van der Waals surface area contributed by atoms with Crippen molar-refractivity contribution in [3.05, 3.63) is 0 Å². The first-order chi connectivity index (χ1) is 7.54. The van der Waals surface area contributed by atoms with Crippen LogP contribution in [0.25, 0.3) is 0 Å². The molecule has 2 unspecified atom stereocenters. The van der Waals surface area contributed by atoms with Gasteiger partial charge in [0, 0.05) is 25.2 Å². The van der Waals surface area contributed by atoms with E-state index in [1.54, 1.807) is 0 Å². The average Bonchev–Trinajstić information content (AvgIpc) is 2.23. The van der Waals surface area contributed by atoms with Crippen molar-refractivity contribution in [1.29, 1.82) is 0 Å². The lowest BCUT2D eigenvalue weighted by molar-refractivity contribution is 0.162. The Morgan fingerprint density at radius 2 is 1.94 bits per heavy atom. The fraction of sp³-hybridized carbons (Fsp3) is 1.00. The van der Waals surface area contributed by atoms with Crippen molar-refractivity contribution in [2.45, 2.75) is 32.4 Å². The summed E-state index contributed by atoms with van der Waals surface area (Å²) in [5, 5.41) is 12.2. The van der Waals surface area contributed by atoms with Gasteiger partial charge in [0.2, 0.25) is 0 Å². The SMILES string of the molecule is CCN(CCC(CO)NC)C(C)CN(C)C. The van der Waals surface area contributed by atoms with Crippen LogP contribution in [0.5, 0.6) is 0 Å². The molecule has 4 nitrogen and oxygen atoms in total. The molecule has 0 fully saturated rings. The fourth-order valence-corrected chi connectivity index (χ4v) is 1.98. The minimum atomic E-state index is 0.218. The fourth-order valence-electron chi connectivity index (χ4n) is 1.98. The van der Waals surface area contributed by atoms with E-state index < -0.39 is 0 Å². The van der Waals surface area contributed by atoms with Crippen LogP contribution in [-0.2, 0) is 0 Å². The maximum atomic E-state index is 9.11. The quantitative estimate of drug-likeness (QED) is 0.596. The van der Waals surface area contributed by atoms with E-state index in [2.05, 4.69) is 43.1 Å². The summed E-state index contributed by atoms with van der Waals surface area (Å²) in [5.74, 6) is 0. The van der Waals surface area contributed by atoms with Gasteiger partial charge in [0.15, 0.2) is 0 Å². The summed E-state index contributed by atoms with van der Waals surface area (Å²) in [6.07, 6.45) is 0.999. The lowest BCUT2D eigenvalue weighted by atomic mass is 10.2. The molecule has 0 saturated heterocycles. The van der Waals surface area contributed by atoms with Crippen LogP contribution < -0.4 is 5.32 Å². The molecule has 4 heteroatoms. The van der Waals surface area contributed by atoms with Crippen molar-refractivity contribution in [3.63, 3.8) is 0 Å². The third-order valence-electron chi connectivity index (χ3n) is 3.05. The molecule has 98 valence electrons. The molecule has 0 aliphatic rings. The molecule has 2 atom stereocenters. The highest BCUT2D eigenvalue weighted by Crippen LogP contribution is 2.03. The zero-order valence-corrected chi connectivity index (χ0v) is 11.5. The van der Waals surface area contributed by atoms with E-state index in [-0.39, 0.29) is 12.6 Å². The molecule has 0 aromatic carbocycles. The highest BCUT2D eigenvalue weighted by molar-refractivity contribution is 4.72. The van der Waals surface area contributed by atoms with Gasteiger partial charge in [-0.3, -0.25) is 4.90 Å². The second-order valence-electron chi connectivity index (χ2n) is 4.70. The van der Waals surface area contributed by atoms with Gasteiger partial charge in [-0.15, -0.1) is 0 Å². The molecule has 0 bridgehead atoms. The Kier molecular flexibility index (Phi) is 8.84. The molecular formula is C12H29N3O. The molecule has 16 heavy (non-hydrogen) atoms. The van der Waals surface area contributed by atoms with E-state index in [1.807, 2.05) is 7.05 Å². The van der Waals surface area contributed by atoms with E-state index in [0.29, 0.717) is 6.04 Å². The van der Waals surface area contributed by atoms with Crippen LogP contribution in [0.2, 0.25) is 0 Å². The number of hydrogen-bond acceptors (Lipinski definition) is 4. The number of rotatable bonds is 9. The maximum Gasteiger partial charge on any atom is 0.0585 e.